The summed E-state index contributed by atoms with van der Waals surface area (Å²) in [5.74, 6) is 0. The van der Waals surface area contributed by atoms with Gasteiger partial charge in [-0.05, 0) is 36.5 Å². The molecule has 1 aromatic heterocycles. The van der Waals surface area contributed by atoms with Crippen molar-refractivity contribution in [3.63, 3.8) is 0 Å². The molecule has 0 amide bonds. The number of nitrogen functional groups attached to an aromatic ring is 1. The standard InChI is InChI=1S/C18H25N3/c1-3-18(4-2)8-11-21(12-9-18)17-6-5-16(19)15-13-20-10-7-14(15)17/h5-7,10,13H,3-4,8-9,11-12,19H2,1-2H3. The number of nitrogens with two attached hydrogens (primary N) is 1. The zero-order valence-corrected chi connectivity index (χ0v) is 13.1. The molecule has 2 heterocycles. The average molecular weight is 283 g/mol. The van der Waals surface area contributed by atoms with Gasteiger partial charge in [0.2, 0.25) is 0 Å². The molecule has 2 N–H and O–H groups in total. The van der Waals surface area contributed by atoms with Gasteiger partial charge >= 0.3 is 0 Å². The van der Waals surface area contributed by atoms with E-state index in [1.165, 1.54) is 36.8 Å². The highest BCUT2D eigenvalue weighted by Crippen LogP contribution is 2.40. The van der Waals surface area contributed by atoms with E-state index in [1.54, 1.807) is 0 Å². The first kappa shape index (κ1) is 14.2. The molecule has 0 saturated carbocycles. The summed E-state index contributed by atoms with van der Waals surface area (Å²) in [7, 11) is 0. The number of aromatic nitrogens is 1. The molecular weight excluding hydrogens is 258 g/mol. The Morgan fingerprint density at radius 2 is 1.81 bits per heavy atom. The van der Waals surface area contributed by atoms with Crippen molar-refractivity contribution >= 4 is 22.1 Å². The molecule has 0 radical (unpaired) electrons. The van der Waals surface area contributed by atoms with Crippen molar-refractivity contribution < 1.29 is 0 Å². The number of benzene rings is 1. The molecule has 3 rings (SSSR count). The van der Waals surface area contributed by atoms with Crippen molar-refractivity contribution in [2.45, 2.75) is 39.5 Å². The Bertz CT molecular complexity index is 621. The lowest BCUT2D eigenvalue weighted by Gasteiger charge is -2.42. The Labute approximate surface area is 127 Å². The first-order valence-corrected chi connectivity index (χ1v) is 8.06. The molecule has 1 aromatic carbocycles. The number of hydrogen-bond acceptors (Lipinski definition) is 3. The quantitative estimate of drug-likeness (QED) is 0.857. The van der Waals surface area contributed by atoms with E-state index in [0.29, 0.717) is 5.41 Å². The van der Waals surface area contributed by atoms with Crippen molar-refractivity contribution in [3.05, 3.63) is 30.6 Å². The Morgan fingerprint density at radius 3 is 2.48 bits per heavy atom. The summed E-state index contributed by atoms with van der Waals surface area (Å²) < 4.78 is 0. The molecule has 1 fully saturated rings. The third kappa shape index (κ3) is 2.45. The summed E-state index contributed by atoms with van der Waals surface area (Å²) in [6.07, 6.45) is 8.90. The van der Waals surface area contributed by atoms with Crippen LogP contribution in [-0.2, 0) is 0 Å². The average Bonchev–Trinajstić information content (AvgIpc) is 2.56. The molecule has 3 heteroatoms. The van der Waals surface area contributed by atoms with Crippen molar-refractivity contribution in [1.29, 1.82) is 0 Å². The van der Waals surface area contributed by atoms with Crippen LogP contribution in [0, 0.1) is 5.41 Å². The highest BCUT2D eigenvalue weighted by molar-refractivity contribution is 6.00. The molecular formula is C18H25N3. The molecule has 3 nitrogen and oxygen atoms in total. The Balaban J connectivity index is 1.91. The fraction of sp³-hybridized carbons (Fsp3) is 0.500. The van der Waals surface area contributed by atoms with Gasteiger partial charge in [-0.1, -0.05) is 26.7 Å². The molecule has 0 spiro atoms. The summed E-state index contributed by atoms with van der Waals surface area (Å²) >= 11 is 0. The molecule has 0 aliphatic carbocycles. The van der Waals surface area contributed by atoms with Gasteiger partial charge in [0.05, 0.1) is 0 Å². The number of nitrogens with zero attached hydrogens (tertiary/aromatic N) is 2. The number of pyridine rings is 1. The van der Waals surface area contributed by atoms with Gasteiger partial charge in [0.1, 0.15) is 0 Å². The second kappa shape index (κ2) is 5.55. The summed E-state index contributed by atoms with van der Waals surface area (Å²) in [4.78, 5) is 6.73. The molecule has 0 bridgehead atoms. The topological polar surface area (TPSA) is 42.1 Å². The van der Waals surface area contributed by atoms with Crippen LogP contribution >= 0.6 is 0 Å². The van der Waals surface area contributed by atoms with E-state index < -0.39 is 0 Å². The summed E-state index contributed by atoms with van der Waals surface area (Å²) in [5, 5.41) is 2.29. The maximum atomic E-state index is 6.08. The fourth-order valence-corrected chi connectivity index (χ4v) is 3.65. The highest BCUT2D eigenvalue weighted by Gasteiger charge is 2.31. The second-order valence-electron chi connectivity index (χ2n) is 6.29. The summed E-state index contributed by atoms with van der Waals surface area (Å²) in [6, 6.07) is 6.27. The predicted molar refractivity (Wildman–Crippen MR) is 90.6 cm³/mol. The van der Waals surface area contributed by atoms with Crippen LogP contribution in [0.25, 0.3) is 10.8 Å². The maximum absolute atomic E-state index is 6.08. The van der Waals surface area contributed by atoms with Crippen molar-refractivity contribution in [3.8, 4) is 0 Å². The van der Waals surface area contributed by atoms with Crippen LogP contribution in [0.1, 0.15) is 39.5 Å². The molecule has 1 saturated heterocycles. The normalized spacial score (nSPS) is 18.1. The Hall–Kier alpha value is -1.77. The number of hydrogen-bond donors (Lipinski definition) is 1. The highest BCUT2D eigenvalue weighted by atomic mass is 15.1. The molecule has 0 unspecified atom stereocenters. The van der Waals surface area contributed by atoms with E-state index in [9.17, 15) is 0 Å². The van der Waals surface area contributed by atoms with Crippen molar-refractivity contribution in [1.82, 2.24) is 4.98 Å². The number of rotatable bonds is 3. The molecule has 112 valence electrons. The van der Waals surface area contributed by atoms with Gasteiger partial charge in [0.15, 0.2) is 0 Å². The van der Waals surface area contributed by atoms with Gasteiger partial charge < -0.3 is 10.6 Å². The van der Waals surface area contributed by atoms with E-state index in [0.717, 1.165) is 24.2 Å². The third-order valence-corrected chi connectivity index (χ3v) is 5.49. The van der Waals surface area contributed by atoms with E-state index >= 15 is 0 Å². The minimum Gasteiger partial charge on any atom is -0.398 e. The van der Waals surface area contributed by atoms with Gasteiger partial charge in [-0.3, -0.25) is 4.98 Å². The van der Waals surface area contributed by atoms with Gasteiger partial charge in [-0.25, -0.2) is 0 Å². The van der Waals surface area contributed by atoms with Crippen LogP contribution in [0.3, 0.4) is 0 Å². The van der Waals surface area contributed by atoms with Crippen LogP contribution in [0.15, 0.2) is 30.6 Å². The fourth-order valence-electron chi connectivity index (χ4n) is 3.65. The van der Waals surface area contributed by atoms with E-state index in [2.05, 4.69) is 35.9 Å². The lowest BCUT2D eigenvalue weighted by atomic mass is 9.74. The van der Waals surface area contributed by atoms with Crippen LogP contribution < -0.4 is 10.6 Å². The molecule has 1 aliphatic heterocycles. The van der Waals surface area contributed by atoms with Gasteiger partial charge in [-0.2, -0.15) is 0 Å². The molecule has 2 aromatic rings. The van der Waals surface area contributed by atoms with Crippen LogP contribution in [0.4, 0.5) is 11.4 Å². The zero-order chi connectivity index (χ0) is 14.9. The molecule has 21 heavy (non-hydrogen) atoms. The van der Waals surface area contributed by atoms with Gasteiger partial charge in [-0.15, -0.1) is 0 Å². The van der Waals surface area contributed by atoms with Crippen molar-refractivity contribution in [2.24, 2.45) is 5.41 Å². The second-order valence-corrected chi connectivity index (χ2v) is 6.29. The lowest BCUT2D eigenvalue weighted by molar-refractivity contribution is 0.200. The summed E-state index contributed by atoms with van der Waals surface area (Å²) in [5.41, 5.74) is 8.76. The zero-order valence-electron chi connectivity index (χ0n) is 13.1. The minimum absolute atomic E-state index is 0.557. The summed E-state index contributed by atoms with van der Waals surface area (Å²) in [6.45, 7) is 6.96. The Morgan fingerprint density at radius 1 is 1.10 bits per heavy atom. The smallest absolute Gasteiger partial charge is 0.0448 e. The van der Waals surface area contributed by atoms with Crippen LogP contribution in [0.2, 0.25) is 0 Å². The number of piperidine rings is 1. The maximum Gasteiger partial charge on any atom is 0.0448 e. The number of fused-ring (bicyclic) bond motifs is 1. The molecule has 0 atom stereocenters. The van der Waals surface area contributed by atoms with Crippen LogP contribution in [-0.4, -0.2) is 18.1 Å². The minimum atomic E-state index is 0.557. The van der Waals surface area contributed by atoms with Crippen LogP contribution in [0.5, 0.6) is 0 Å². The Kier molecular flexibility index (Phi) is 3.75. The predicted octanol–water partition coefficient (Wildman–Crippen LogP) is 4.22. The van der Waals surface area contributed by atoms with E-state index in [1.807, 2.05) is 18.5 Å². The van der Waals surface area contributed by atoms with Gasteiger partial charge in [0, 0.05) is 47.6 Å². The lowest BCUT2D eigenvalue weighted by Crippen LogP contribution is -2.39. The van der Waals surface area contributed by atoms with Gasteiger partial charge in [0.25, 0.3) is 0 Å². The third-order valence-electron chi connectivity index (χ3n) is 5.49. The first-order chi connectivity index (χ1) is 10.2. The first-order valence-electron chi connectivity index (χ1n) is 8.06. The van der Waals surface area contributed by atoms with E-state index in [4.69, 9.17) is 5.73 Å². The van der Waals surface area contributed by atoms with Crippen molar-refractivity contribution in [2.75, 3.05) is 23.7 Å². The molecule has 1 aliphatic rings. The SMILES string of the molecule is CCC1(CC)CCN(c2ccc(N)c3cnccc23)CC1. The number of anilines is 2. The van der Waals surface area contributed by atoms with E-state index in [-0.39, 0.29) is 0 Å². The largest absolute Gasteiger partial charge is 0.398 e. The monoisotopic (exact) mass is 283 g/mol.